The van der Waals surface area contributed by atoms with E-state index in [1.165, 1.54) is 24.6 Å². The van der Waals surface area contributed by atoms with Gasteiger partial charge in [0.15, 0.2) is 11.6 Å². The van der Waals surface area contributed by atoms with Crippen LogP contribution in [0.5, 0.6) is 0 Å². The number of halogens is 1. The van der Waals surface area contributed by atoms with Crippen LogP contribution in [0.3, 0.4) is 0 Å². The molecule has 2 saturated carbocycles. The third-order valence-electron chi connectivity index (χ3n) is 6.34. The van der Waals surface area contributed by atoms with E-state index in [9.17, 15) is 4.39 Å². The lowest BCUT2D eigenvalue weighted by Gasteiger charge is -2.36. The normalized spacial score (nSPS) is 31.7. The summed E-state index contributed by atoms with van der Waals surface area (Å²) in [7, 11) is 0. The van der Waals surface area contributed by atoms with E-state index >= 15 is 0 Å². The van der Waals surface area contributed by atoms with Crippen molar-refractivity contribution in [2.24, 2.45) is 23.5 Å². The minimum atomic E-state index is -0.413. The predicted molar refractivity (Wildman–Crippen MR) is 108 cm³/mol. The number of nitrogens with one attached hydrogen (secondary N) is 2. The molecule has 1 aliphatic heterocycles. The second-order valence-electron chi connectivity index (χ2n) is 7.84. The summed E-state index contributed by atoms with van der Waals surface area (Å²) < 4.78 is 14.4. The van der Waals surface area contributed by atoms with Crippen molar-refractivity contribution in [2.75, 3.05) is 22.9 Å². The Kier molecular flexibility index (Phi) is 4.44. The van der Waals surface area contributed by atoms with Crippen LogP contribution >= 0.6 is 11.8 Å². The lowest BCUT2D eigenvalue weighted by molar-refractivity contribution is 0.317. The smallest absolute Gasteiger partial charge is 0.229 e. The molecule has 3 aliphatic rings. The molecule has 27 heavy (non-hydrogen) atoms. The predicted octanol–water partition coefficient (Wildman–Crippen LogP) is 3.41. The van der Waals surface area contributed by atoms with Gasteiger partial charge in [0, 0.05) is 17.0 Å². The average Bonchev–Trinajstić information content (AvgIpc) is 3.22. The van der Waals surface area contributed by atoms with Crippen molar-refractivity contribution in [1.82, 2.24) is 9.97 Å². The summed E-state index contributed by atoms with van der Waals surface area (Å²) in [5.41, 5.74) is 8.31. The monoisotopic (exact) mass is 385 g/mol. The van der Waals surface area contributed by atoms with Crippen molar-refractivity contribution >= 4 is 29.2 Å². The highest BCUT2D eigenvalue weighted by Crippen LogP contribution is 2.53. The van der Waals surface area contributed by atoms with E-state index in [4.69, 9.17) is 5.73 Å². The fourth-order valence-corrected chi connectivity index (χ4v) is 6.67. The van der Waals surface area contributed by atoms with Crippen LogP contribution in [0.25, 0.3) is 0 Å². The summed E-state index contributed by atoms with van der Waals surface area (Å²) in [5.74, 6) is 2.92. The molecule has 5 nitrogen and oxygen atoms in total. The summed E-state index contributed by atoms with van der Waals surface area (Å²) in [5, 5.41) is 7.23. The molecule has 0 spiro atoms. The zero-order valence-corrected chi connectivity index (χ0v) is 15.9. The summed E-state index contributed by atoms with van der Waals surface area (Å²) in [6.45, 7) is 0.637. The third-order valence-corrected chi connectivity index (χ3v) is 7.75. The summed E-state index contributed by atoms with van der Waals surface area (Å²) in [6, 6.07) is 8.49. The van der Waals surface area contributed by atoms with E-state index in [2.05, 4.69) is 44.5 Å². The molecule has 1 aromatic heterocycles. The Bertz CT molecular complexity index is 847. The van der Waals surface area contributed by atoms with Crippen molar-refractivity contribution in [2.45, 2.75) is 30.6 Å². The fraction of sp³-hybridized carbons (Fsp3) is 0.500. The molecule has 2 heterocycles. The van der Waals surface area contributed by atoms with E-state index in [0.29, 0.717) is 35.5 Å². The first kappa shape index (κ1) is 17.3. The Labute approximate surface area is 162 Å². The van der Waals surface area contributed by atoms with Crippen molar-refractivity contribution in [1.29, 1.82) is 0 Å². The van der Waals surface area contributed by atoms with Crippen LogP contribution in [-0.4, -0.2) is 33.6 Å². The Hall–Kier alpha value is -1.86. The van der Waals surface area contributed by atoms with E-state index in [0.717, 1.165) is 17.9 Å². The van der Waals surface area contributed by atoms with E-state index < -0.39 is 5.82 Å². The van der Waals surface area contributed by atoms with Crippen LogP contribution in [0.2, 0.25) is 0 Å². The summed E-state index contributed by atoms with van der Waals surface area (Å²) >= 11 is 2.07. The van der Waals surface area contributed by atoms with Gasteiger partial charge in [-0.25, -0.2) is 9.37 Å². The third kappa shape index (κ3) is 3.17. The average molecular weight is 386 g/mol. The Morgan fingerprint density at radius 2 is 2.22 bits per heavy atom. The van der Waals surface area contributed by atoms with Gasteiger partial charge in [-0.1, -0.05) is 12.1 Å². The first-order valence-electron chi connectivity index (χ1n) is 9.68. The quantitative estimate of drug-likeness (QED) is 0.698. The SMILES string of the molecule is NC[C@H]1[C@@H]2CC3SCCc4cccc(c4)Nc4ncc(F)c(n4)N[C@@H]1[C@@H]3C2. The molecule has 0 saturated heterocycles. The van der Waals surface area contributed by atoms with Crippen LogP contribution in [0.1, 0.15) is 18.4 Å². The number of anilines is 3. The van der Waals surface area contributed by atoms with Gasteiger partial charge < -0.3 is 16.4 Å². The highest BCUT2D eigenvalue weighted by atomic mass is 32.2. The number of aryl methyl sites for hydroxylation is 1. The van der Waals surface area contributed by atoms with Gasteiger partial charge in [-0.2, -0.15) is 16.7 Å². The maximum absolute atomic E-state index is 14.4. The molecule has 1 unspecified atom stereocenters. The lowest BCUT2D eigenvalue weighted by atomic mass is 9.84. The molecule has 0 radical (unpaired) electrons. The van der Waals surface area contributed by atoms with Gasteiger partial charge >= 0.3 is 0 Å². The van der Waals surface area contributed by atoms with E-state index in [1.807, 2.05) is 12.1 Å². The van der Waals surface area contributed by atoms with Crippen LogP contribution in [0.15, 0.2) is 30.5 Å². The molecule has 2 fully saturated rings. The number of rotatable bonds is 1. The first-order chi connectivity index (χ1) is 13.2. The highest BCUT2D eigenvalue weighted by molar-refractivity contribution is 7.99. The van der Waals surface area contributed by atoms with Crippen molar-refractivity contribution < 1.29 is 4.39 Å². The van der Waals surface area contributed by atoms with E-state index in [-0.39, 0.29) is 11.9 Å². The molecular weight excluding hydrogens is 361 g/mol. The van der Waals surface area contributed by atoms with Crippen LogP contribution in [0, 0.1) is 23.6 Å². The Morgan fingerprint density at radius 1 is 1.30 bits per heavy atom. The second kappa shape index (κ2) is 6.95. The molecule has 6 bridgehead atoms. The first-order valence-corrected chi connectivity index (χ1v) is 10.7. The molecule has 5 rings (SSSR count). The molecule has 2 aromatic rings. The van der Waals surface area contributed by atoms with Gasteiger partial charge in [-0.3, -0.25) is 0 Å². The van der Waals surface area contributed by atoms with Crippen LogP contribution in [0.4, 0.5) is 21.8 Å². The number of fused-ring (bicyclic) bond motifs is 5. The minimum Gasteiger partial charge on any atom is -0.364 e. The molecule has 4 N–H and O–H groups in total. The fourth-order valence-electron chi connectivity index (χ4n) is 5.10. The number of benzene rings is 1. The van der Waals surface area contributed by atoms with Crippen LogP contribution in [-0.2, 0) is 6.42 Å². The zero-order chi connectivity index (χ0) is 18.4. The largest absolute Gasteiger partial charge is 0.364 e. The van der Waals surface area contributed by atoms with Crippen molar-refractivity contribution in [3.63, 3.8) is 0 Å². The van der Waals surface area contributed by atoms with Gasteiger partial charge in [-0.05, 0) is 67.0 Å². The molecule has 7 heteroatoms. The summed E-state index contributed by atoms with van der Waals surface area (Å²) in [4.78, 5) is 8.54. The van der Waals surface area contributed by atoms with Gasteiger partial charge in [0.1, 0.15) is 0 Å². The molecule has 5 atom stereocenters. The number of hydrogen-bond acceptors (Lipinski definition) is 6. The highest BCUT2D eigenvalue weighted by Gasteiger charge is 2.52. The maximum atomic E-state index is 14.4. The molecule has 2 aliphatic carbocycles. The molecule has 1 aromatic carbocycles. The van der Waals surface area contributed by atoms with Crippen molar-refractivity contribution in [3.05, 3.63) is 41.8 Å². The topological polar surface area (TPSA) is 75.9 Å². The number of hydrogen-bond donors (Lipinski definition) is 3. The Morgan fingerprint density at radius 3 is 3.11 bits per heavy atom. The molecular formula is C20H24FN5S. The minimum absolute atomic E-state index is 0.185. The molecule has 0 amide bonds. The standard InChI is InChI=1S/C20H24FN5S/c21-16-10-23-20-24-13-3-1-2-11(6-13)4-5-27-17-8-12-7-14(17)18(15(12)9-22)25-19(16)26-20/h1-3,6,10,12,14-15,17-18H,4-5,7-9,22H2,(H2,23,24,25,26)/t12-,14+,15-,17?,18+/m0/s1. The van der Waals surface area contributed by atoms with Gasteiger partial charge in [0.05, 0.1) is 6.20 Å². The van der Waals surface area contributed by atoms with E-state index in [1.54, 1.807) is 0 Å². The van der Waals surface area contributed by atoms with Gasteiger partial charge in [-0.15, -0.1) is 0 Å². The zero-order valence-electron chi connectivity index (χ0n) is 15.1. The summed E-state index contributed by atoms with van der Waals surface area (Å²) in [6.07, 6.45) is 4.70. The number of thioether (sulfide) groups is 1. The number of aromatic nitrogens is 2. The lowest BCUT2D eigenvalue weighted by Crippen LogP contribution is -2.43. The van der Waals surface area contributed by atoms with Crippen LogP contribution < -0.4 is 16.4 Å². The van der Waals surface area contributed by atoms with Crippen molar-refractivity contribution in [3.8, 4) is 0 Å². The Balaban J connectivity index is 1.52. The molecule has 142 valence electrons. The number of nitrogens with two attached hydrogens (primary N) is 1. The number of nitrogens with zero attached hydrogens (tertiary/aromatic N) is 2. The van der Waals surface area contributed by atoms with Gasteiger partial charge in [0.2, 0.25) is 5.95 Å². The maximum Gasteiger partial charge on any atom is 0.229 e. The second-order valence-corrected chi connectivity index (χ2v) is 9.19. The van der Waals surface area contributed by atoms with Gasteiger partial charge in [0.25, 0.3) is 0 Å².